The van der Waals surface area contributed by atoms with Gasteiger partial charge in [-0.25, -0.2) is 0 Å². The fourth-order valence-electron chi connectivity index (χ4n) is 2.74. The normalized spacial score (nSPS) is 21.0. The second-order valence-electron chi connectivity index (χ2n) is 5.56. The van der Waals surface area contributed by atoms with Gasteiger partial charge in [0.2, 0.25) is 0 Å². The molecule has 3 nitrogen and oxygen atoms in total. The van der Waals surface area contributed by atoms with Crippen molar-refractivity contribution in [3.8, 4) is 0 Å². The molecule has 3 heteroatoms. The van der Waals surface area contributed by atoms with Gasteiger partial charge in [0.05, 0.1) is 6.42 Å². The molecule has 1 fully saturated rings. The van der Waals surface area contributed by atoms with Crippen LogP contribution < -0.4 is 0 Å². The zero-order valence-corrected chi connectivity index (χ0v) is 11.6. The number of hydrogen-bond donors (Lipinski definition) is 1. The molecule has 1 unspecified atom stereocenters. The smallest absolute Gasteiger partial charge is 0.307 e. The van der Waals surface area contributed by atoms with Gasteiger partial charge in [0.1, 0.15) is 0 Å². The summed E-state index contributed by atoms with van der Waals surface area (Å²) in [6.45, 7) is 4.47. The zero-order chi connectivity index (χ0) is 13.7. The summed E-state index contributed by atoms with van der Waals surface area (Å²) >= 11 is 0. The maximum absolute atomic E-state index is 10.6. The standard InChI is InChI=1S/C16H23NO2/c1-13-5-3-2-4-10-17(13)12-15-8-6-14(7-9-15)11-16(18)19/h6-9,13H,2-5,10-12H2,1H3,(H,18,19). The van der Waals surface area contributed by atoms with E-state index < -0.39 is 5.97 Å². The van der Waals surface area contributed by atoms with Crippen LogP contribution in [-0.2, 0) is 17.8 Å². The lowest BCUT2D eigenvalue weighted by atomic mass is 10.1. The molecular formula is C16H23NO2. The lowest BCUT2D eigenvalue weighted by Crippen LogP contribution is -2.31. The van der Waals surface area contributed by atoms with Crippen LogP contribution in [0.15, 0.2) is 24.3 Å². The predicted octanol–water partition coefficient (Wildman–Crippen LogP) is 3.08. The summed E-state index contributed by atoms with van der Waals surface area (Å²) in [7, 11) is 0. The molecule has 1 aromatic rings. The predicted molar refractivity (Wildman–Crippen MR) is 76.1 cm³/mol. The van der Waals surface area contributed by atoms with Gasteiger partial charge in [-0.05, 0) is 37.4 Å². The van der Waals surface area contributed by atoms with Crippen molar-refractivity contribution in [2.75, 3.05) is 6.54 Å². The van der Waals surface area contributed by atoms with E-state index in [-0.39, 0.29) is 6.42 Å². The Kier molecular flexibility index (Phi) is 4.97. The first-order chi connectivity index (χ1) is 9.15. The lowest BCUT2D eigenvalue weighted by Gasteiger charge is -2.26. The first-order valence-corrected chi connectivity index (χ1v) is 7.19. The van der Waals surface area contributed by atoms with Crippen molar-refractivity contribution in [1.82, 2.24) is 4.90 Å². The van der Waals surface area contributed by atoms with Crippen LogP contribution in [-0.4, -0.2) is 28.6 Å². The summed E-state index contributed by atoms with van der Waals surface area (Å²) in [6.07, 6.45) is 5.38. The van der Waals surface area contributed by atoms with Crippen LogP contribution in [0.3, 0.4) is 0 Å². The monoisotopic (exact) mass is 261 g/mol. The SMILES string of the molecule is CC1CCCCCN1Cc1ccc(CC(=O)O)cc1. The Hall–Kier alpha value is -1.35. The minimum absolute atomic E-state index is 0.112. The molecule has 104 valence electrons. The van der Waals surface area contributed by atoms with Crippen molar-refractivity contribution >= 4 is 5.97 Å². The Bertz CT molecular complexity index is 413. The first kappa shape index (κ1) is 14.1. The Balaban J connectivity index is 1.96. The number of carbonyl (C=O) groups is 1. The Labute approximate surface area is 115 Å². The third-order valence-corrected chi connectivity index (χ3v) is 3.95. The molecular weight excluding hydrogens is 238 g/mol. The summed E-state index contributed by atoms with van der Waals surface area (Å²) in [4.78, 5) is 13.2. The number of likely N-dealkylation sites (tertiary alicyclic amines) is 1. The molecule has 0 aliphatic carbocycles. The molecule has 1 aliphatic heterocycles. The largest absolute Gasteiger partial charge is 0.481 e. The van der Waals surface area contributed by atoms with Crippen LogP contribution in [0.25, 0.3) is 0 Å². The van der Waals surface area contributed by atoms with Gasteiger partial charge in [-0.2, -0.15) is 0 Å². The van der Waals surface area contributed by atoms with E-state index in [9.17, 15) is 4.79 Å². The molecule has 0 aromatic heterocycles. The lowest BCUT2D eigenvalue weighted by molar-refractivity contribution is -0.136. The van der Waals surface area contributed by atoms with Gasteiger partial charge in [0.25, 0.3) is 0 Å². The van der Waals surface area contributed by atoms with Gasteiger partial charge in [0.15, 0.2) is 0 Å². The molecule has 2 rings (SSSR count). The fraction of sp³-hybridized carbons (Fsp3) is 0.562. The maximum Gasteiger partial charge on any atom is 0.307 e. The quantitative estimate of drug-likeness (QED) is 0.905. The van der Waals surface area contributed by atoms with E-state index in [1.54, 1.807) is 0 Å². The molecule has 0 radical (unpaired) electrons. The van der Waals surface area contributed by atoms with Gasteiger partial charge >= 0.3 is 5.97 Å². The second kappa shape index (κ2) is 6.71. The van der Waals surface area contributed by atoms with Crippen LogP contribution in [0.5, 0.6) is 0 Å². The van der Waals surface area contributed by atoms with Crippen LogP contribution in [0.1, 0.15) is 43.7 Å². The number of rotatable bonds is 4. The summed E-state index contributed by atoms with van der Waals surface area (Å²) in [5.41, 5.74) is 2.16. The molecule has 1 saturated heterocycles. The van der Waals surface area contributed by atoms with E-state index in [1.807, 2.05) is 12.1 Å². The Morgan fingerprint density at radius 3 is 2.58 bits per heavy atom. The van der Waals surface area contributed by atoms with Gasteiger partial charge in [-0.3, -0.25) is 9.69 Å². The molecule has 0 amide bonds. The van der Waals surface area contributed by atoms with E-state index in [1.165, 1.54) is 37.8 Å². The minimum Gasteiger partial charge on any atom is -0.481 e. The van der Waals surface area contributed by atoms with Crippen molar-refractivity contribution in [3.05, 3.63) is 35.4 Å². The van der Waals surface area contributed by atoms with Gasteiger partial charge in [-0.1, -0.05) is 37.1 Å². The number of benzene rings is 1. The highest BCUT2D eigenvalue weighted by Gasteiger charge is 2.16. The average molecular weight is 261 g/mol. The first-order valence-electron chi connectivity index (χ1n) is 7.19. The zero-order valence-electron chi connectivity index (χ0n) is 11.6. The third-order valence-electron chi connectivity index (χ3n) is 3.95. The number of hydrogen-bond acceptors (Lipinski definition) is 2. The molecule has 1 N–H and O–H groups in total. The van der Waals surface area contributed by atoms with Gasteiger partial charge in [0, 0.05) is 12.6 Å². The van der Waals surface area contributed by atoms with Crippen molar-refractivity contribution < 1.29 is 9.90 Å². The summed E-state index contributed by atoms with van der Waals surface area (Å²) < 4.78 is 0. The second-order valence-corrected chi connectivity index (χ2v) is 5.56. The molecule has 1 heterocycles. The van der Waals surface area contributed by atoms with E-state index in [0.29, 0.717) is 6.04 Å². The molecule has 19 heavy (non-hydrogen) atoms. The number of carboxylic acids is 1. The van der Waals surface area contributed by atoms with Crippen LogP contribution >= 0.6 is 0 Å². The molecule has 1 aliphatic rings. The molecule has 0 bridgehead atoms. The molecule has 1 aromatic carbocycles. The number of nitrogens with zero attached hydrogens (tertiary/aromatic N) is 1. The van der Waals surface area contributed by atoms with E-state index in [2.05, 4.69) is 24.0 Å². The van der Waals surface area contributed by atoms with Crippen LogP contribution in [0.4, 0.5) is 0 Å². The molecule has 0 saturated carbocycles. The average Bonchev–Trinajstić information content (AvgIpc) is 2.57. The third kappa shape index (κ3) is 4.35. The van der Waals surface area contributed by atoms with Gasteiger partial charge < -0.3 is 5.11 Å². The van der Waals surface area contributed by atoms with Crippen molar-refractivity contribution in [3.63, 3.8) is 0 Å². The molecule has 1 atom stereocenters. The van der Waals surface area contributed by atoms with E-state index in [0.717, 1.165) is 12.1 Å². The highest BCUT2D eigenvalue weighted by atomic mass is 16.4. The van der Waals surface area contributed by atoms with Crippen molar-refractivity contribution in [2.24, 2.45) is 0 Å². The summed E-state index contributed by atoms with van der Waals surface area (Å²) in [5, 5.41) is 8.76. The van der Waals surface area contributed by atoms with Crippen LogP contribution in [0.2, 0.25) is 0 Å². The fourth-order valence-corrected chi connectivity index (χ4v) is 2.74. The van der Waals surface area contributed by atoms with Crippen molar-refractivity contribution in [1.29, 1.82) is 0 Å². The topological polar surface area (TPSA) is 40.5 Å². The van der Waals surface area contributed by atoms with E-state index >= 15 is 0 Å². The highest BCUT2D eigenvalue weighted by molar-refractivity contribution is 5.70. The number of carboxylic acid groups (broad SMARTS) is 1. The Morgan fingerprint density at radius 2 is 1.89 bits per heavy atom. The Morgan fingerprint density at radius 1 is 1.21 bits per heavy atom. The van der Waals surface area contributed by atoms with Crippen LogP contribution in [0, 0.1) is 0 Å². The van der Waals surface area contributed by atoms with Gasteiger partial charge in [-0.15, -0.1) is 0 Å². The minimum atomic E-state index is -0.770. The summed E-state index contributed by atoms with van der Waals surface area (Å²) in [5.74, 6) is -0.770. The summed E-state index contributed by atoms with van der Waals surface area (Å²) in [6, 6.07) is 8.66. The number of aliphatic carboxylic acids is 1. The molecule has 0 spiro atoms. The van der Waals surface area contributed by atoms with Crippen molar-refractivity contribution in [2.45, 2.75) is 51.6 Å². The van der Waals surface area contributed by atoms with E-state index in [4.69, 9.17) is 5.11 Å². The maximum atomic E-state index is 10.6. The highest BCUT2D eigenvalue weighted by Crippen LogP contribution is 2.19.